The molecule has 1 N–H and O–H groups in total. The normalized spacial score (nSPS) is 22.2. The summed E-state index contributed by atoms with van der Waals surface area (Å²) in [5.74, 6) is 0.295. The van der Waals surface area contributed by atoms with Gasteiger partial charge in [0.2, 0.25) is 11.8 Å². The highest BCUT2D eigenvalue weighted by molar-refractivity contribution is 6.07. The van der Waals surface area contributed by atoms with E-state index in [1.54, 1.807) is 22.0 Å². The standard InChI is InChI=1S/C28H34N6O3/c1-6-7-8-29-27(37)22-11-28(5)12-23(28)34(22)24(36)15-33-26-16(2)9-19(20-13-30-18(4)31-14-20)10-21(26)25(32-33)17(3)35/h9-10,13-14,22-23H,6-8,11-12,15H2,1-5H3,(H,29,37)/t22-,23+,28-/m0/s1. The molecule has 3 aromatic rings. The Morgan fingerprint density at radius 2 is 1.84 bits per heavy atom. The number of hydrogen-bond acceptors (Lipinski definition) is 6. The van der Waals surface area contributed by atoms with Gasteiger partial charge >= 0.3 is 0 Å². The van der Waals surface area contributed by atoms with Crippen LogP contribution >= 0.6 is 0 Å². The summed E-state index contributed by atoms with van der Waals surface area (Å²) in [6, 6.07) is 3.53. The quantitative estimate of drug-likeness (QED) is 0.372. The van der Waals surface area contributed by atoms with Gasteiger partial charge in [0.1, 0.15) is 24.1 Å². The fourth-order valence-electron chi connectivity index (χ4n) is 5.69. The third-order valence-electron chi connectivity index (χ3n) is 7.82. The number of nitrogens with zero attached hydrogens (tertiary/aromatic N) is 5. The van der Waals surface area contributed by atoms with Crippen molar-refractivity contribution in [2.75, 3.05) is 6.54 Å². The number of benzene rings is 1. The molecule has 0 unspecified atom stereocenters. The van der Waals surface area contributed by atoms with E-state index in [9.17, 15) is 14.4 Å². The van der Waals surface area contributed by atoms with Gasteiger partial charge in [-0.1, -0.05) is 20.3 Å². The SMILES string of the molecule is CCCCNC(=O)[C@@H]1C[C@@]2(C)C[C@H]2N1C(=O)Cn1nc(C(C)=O)c2cc(-c3cnc(C)nc3)cc(C)c21. The molecule has 1 saturated heterocycles. The van der Waals surface area contributed by atoms with Crippen molar-refractivity contribution in [3.8, 4) is 11.1 Å². The van der Waals surface area contributed by atoms with E-state index >= 15 is 0 Å². The van der Waals surface area contributed by atoms with Gasteiger partial charge in [0.05, 0.1) is 5.52 Å². The number of likely N-dealkylation sites (tertiary alicyclic amines) is 1. The van der Waals surface area contributed by atoms with Crippen LogP contribution in [-0.4, -0.2) is 60.9 Å². The molecular weight excluding hydrogens is 468 g/mol. The van der Waals surface area contributed by atoms with Crippen molar-refractivity contribution in [2.24, 2.45) is 5.41 Å². The molecule has 37 heavy (non-hydrogen) atoms. The maximum Gasteiger partial charge on any atom is 0.245 e. The largest absolute Gasteiger partial charge is 0.354 e. The molecule has 9 heteroatoms. The average Bonchev–Trinajstić information content (AvgIpc) is 3.21. The number of Topliss-reactive ketones (excluding diaryl/α,β-unsaturated/α-hetero) is 1. The first-order valence-electron chi connectivity index (χ1n) is 13.0. The highest BCUT2D eigenvalue weighted by Crippen LogP contribution is 2.59. The number of rotatable bonds is 8. The minimum absolute atomic E-state index is 0.0000786. The second-order valence-electron chi connectivity index (χ2n) is 10.8. The molecule has 0 radical (unpaired) electrons. The monoisotopic (exact) mass is 502 g/mol. The molecule has 1 aliphatic heterocycles. The van der Waals surface area contributed by atoms with Crippen LogP contribution in [-0.2, 0) is 16.1 Å². The summed E-state index contributed by atoms with van der Waals surface area (Å²) >= 11 is 0. The summed E-state index contributed by atoms with van der Waals surface area (Å²) in [4.78, 5) is 49.5. The van der Waals surface area contributed by atoms with Crippen molar-refractivity contribution in [3.05, 3.63) is 41.6 Å². The van der Waals surface area contributed by atoms with E-state index in [4.69, 9.17) is 0 Å². The molecule has 1 saturated carbocycles. The third kappa shape index (κ3) is 4.51. The maximum atomic E-state index is 13.7. The topological polar surface area (TPSA) is 110 Å². The van der Waals surface area contributed by atoms with E-state index in [0.29, 0.717) is 29.9 Å². The molecule has 2 amide bonds. The molecule has 2 aliphatic rings. The summed E-state index contributed by atoms with van der Waals surface area (Å²) in [7, 11) is 0. The molecule has 9 nitrogen and oxygen atoms in total. The van der Waals surface area contributed by atoms with Gasteiger partial charge in [0, 0.05) is 42.9 Å². The van der Waals surface area contributed by atoms with Gasteiger partial charge in [-0.3, -0.25) is 19.1 Å². The summed E-state index contributed by atoms with van der Waals surface area (Å²) in [6.07, 6.45) is 7.02. The summed E-state index contributed by atoms with van der Waals surface area (Å²) in [6.45, 7) is 10.1. The summed E-state index contributed by atoms with van der Waals surface area (Å²) in [5, 5.41) is 8.29. The molecule has 1 aromatic carbocycles. The van der Waals surface area contributed by atoms with Crippen molar-refractivity contribution in [2.45, 2.75) is 78.9 Å². The zero-order valence-electron chi connectivity index (χ0n) is 22.2. The molecule has 2 aromatic heterocycles. The summed E-state index contributed by atoms with van der Waals surface area (Å²) < 4.78 is 1.63. The van der Waals surface area contributed by atoms with Crippen molar-refractivity contribution < 1.29 is 14.4 Å². The fourth-order valence-corrected chi connectivity index (χ4v) is 5.69. The molecule has 5 rings (SSSR count). The highest BCUT2D eigenvalue weighted by Gasteiger charge is 2.64. The maximum absolute atomic E-state index is 13.7. The van der Waals surface area contributed by atoms with Gasteiger partial charge in [-0.15, -0.1) is 0 Å². The van der Waals surface area contributed by atoms with Crippen LogP contribution in [0.25, 0.3) is 22.0 Å². The van der Waals surface area contributed by atoms with Gasteiger partial charge in [-0.25, -0.2) is 9.97 Å². The Hall–Kier alpha value is -3.62. The van der Waals surface area contributed by atoms with Crippen LogP contribution in [0.5, 0.6) is 0 Å². The number of aromatic nitrogens is 4. The molecule has 1 aliphatic carbocycles. The van der Waals surface area contributed by atoms with Gasteiger partial charge in [-0.05, 0) is 61.8 Å². The Morgan fingerprint density at radius 3 is 2.51 bits per heavy atom. The van der Waals surface area contributed by atoms with E-state index in [1.165, 1.54) is 6.92 Å². The first-order valence-corrected chi connectivity index (χ1v) is 13.0. The van der Waals surface area contributed by atoms with E-state index in [-0.39, 0.29) is 35.6 Å². The molecule has 3 atom stereocenters. The number of amides is 2. The number of piperidine rings is 1. The van der Waals surface area contributed by atoms with Crippen molar-refractivity contribution in [1.29, 1.82) is 0 Å². The first kappa shape index (κ1) is 25.0. The minimum Gasteiger partial charge on any atom is -0.354 e. The summed E-state index contributed by atoms with van der Waals surface area (Å²) in [5.41, 5.74) is 3.70. The predicted octanol–water partition coefficient (Wildman–Crippen LogP) is 3.61. The Kier molecular flexibility index (Phi) is 6.33. The van der Waals surface area contributed by atoms with Crippen LogP contribution in [0.1, 0.15) is 68.3 Å². The Balaban J connectivity index is 1.47. The van der Waals surface area contributed by atoms with Crippen LogP contribution in [0, 0.1) is 19.3 Å². The Labute approximate surface area is 216 Å². The van der Waals surface area contributed by atoms with Crippen LogP contribution in [0.15, 0.2) is 24.5 Å². The van der Waals surface area contributed by atoms with Crippen LogP contribution in [0.4, 0.5) is 0 Å². The lowest BCUT2D eigenvalue weighted by Gasteiger charge is -2.27. The zero-order chi connectivity index (χ0) is 26.5. The first-order chi connectivity index (χ1) is 17.6. The number of aryl methyl sites for hydroxylation is 2. The molecular formula is C28H34N6O3. The Morgan fingerprint density at radius 1 is 1.11 bits per heavy atom. The smallest absolute Gasteiger partial charge is 0.245 e. The lowest BCUT2D eigenvalue weighted by atomic mass is 10.0. The molecule has 2 fully saturated rings. The average molecular weight is 503 g/mol. The van der Waals surface area contributed by atoms with E-state index in [0.717, 1.165) is 41.5 Å². The van der Waals surface area contributed by atoms with Gasteiger partial charge in [-0.2, -0.15) is 5.10 Å². The third-order valence-corrected chi connectivity index (χ3v) is 7.82. The Bertz CT molecular complexity index is 1400. The number of fused-ring (bicyclic) bond motifs is 2. The van der Waals surface area contributed by atoms with Gasteiger partial charge in [0.25, 0.3) is 0 Å². The van der Waals surface area contributed by atoms with Crippen LogP contribution < -0.4 is 5.32 Å². The van der Waals surface area contributed by atoms with E-state index in [1.807, 2.05) is 26.0 Å². The molecule has 3 heterocycles. The fraction of sp³-hybridized carbons (Fsp3) is 0.500. The predicted molar refractivity (Wildman–Crippen MR) is 140 cm³/mol. The molecule has 194 valence electrons. The number of nitrogens with one attached hydrogen (secondary N) is 1. The number of unbranched alkanes of at least 4 members (excludes halogenated alkanes) is 1. The second kappa shape index (κ2) is 9.36. The number of carbonyl (C=O) groups is 3. The van der Waals surface area contributed by atoms with E-state index in [2.05, 4.69) is 34.2 Å². The van der Waals surface area contributed by atoms with Crippen LogP contribution in [0.2, 0.25) is 0 Å². The number of ketones is 1. The van der Waals surface area contributed by atoms with E-state index < -0.39 is 6.04 Å². The lowest BCUT2D eigenvalue weighted by Crippen LogP contribution is -2.49. The molecule has 0 bridgehead atoms. The minimum atomic E-state index is -0.462. The van der Waals surface area contributed by atoms with Crippen molar-refractivity contribution in [1.82, 2.24) is 30.0 Å². The number of carbonyl (C=O) groups excluding carboxylic acids is 3. The lowest BCUT2D eigenvalue weighted by molar-refractivity contribution is -0.140. The van der Waals surface area contributed by atoms with Gasteiger partial charge < -0.3 is 10.2 Å². The second-order valence-corrected chi connectivity index (χ2v) is 10.8. The van der Waals surface area contributed by atoms with Crippen molar-refractivity contribution in [3.63, 3.8) is 0 Å². The number of hydrogen-bond donors (Lipinski definition) is 1. The zero-order valence-corrected chi connectivity index (χ0v) is 22.2. The molecule has 0 spiro atoms. The van der Waals surface area contributed by atoms with Crippen LogP contribution in [0.3, 0.4) is 0 Å². The van der Waals surface area contributed by atoms with Gasteiger partial charge in [0.15, 0.2) is 5.78 Å². The van der Waals surface area contributed by atoms with Crippen molar-refractivity contribution >= 4 is 28.5 Å². The highest BCUT2D eigenvalue weighted by atomic mass is 16.2.